The van der Waals surface area contributed by atoms with Crippen LogP contribution in [0.25, 0.3) is 0 Å². The van der Waals surface area contributed by atoms with Gasteiger partial charge in [0.15, 0.2) is 0 Å². The molecule has 2 saturated heterocycles. The van der Waals surface area contributed by atoms with Gasteiger partial charge in [-0.3, -0.25) is 9.69 Å². The minimum Gasteiger partial charge on any atom is -0.340 e. The van der Waals surface area contributed by atoms with Gasteiger partial charge in [-0.05, 0) is 48.9 Å². The van der Waals surface area contributed by atoms with Crippen LogP contribution in [0.3, 0.4) is 0 Å². The van der Waals surface area contributed by atoms with Crippen LogP contribution in [0.4, 0.5) is 0 Å². The molecule has 1 unspecified atom stereocenters. The summed E-state index contributed by atoms with van der Waals surface area (Å²) < 4.78 is 0. The Hall–Kier alpha value is -1.59. The molecule has 3 fully saturated rings. The van der Waals surface area contributed by atoms with Gasteiger partial charge >= 0.3 is 0 Å². The minimum atomic E-state index is -0.129. The highest BCUT2D eigenvalue weighted by Gasteiger charge is 2.68. The molecule has 1 aliphatic carbocycles. The van der Waals surface area contributed by atoms with Gasteiger partial charge < -0.3 is 10.2 Å². The number of amides is 1. The first-order valence-electron chi connectivity index (χ1n) is 11.5. The van der Waals surface area contributed by atoms with Gasteiger partial charge in [-0.1, -0.05) is 67.6 Å². The van der Waals surface area contributed by atoms with Crippen LogP contribution >= 0.6 is 24.8 Å². The van der Waals surface area contributed by atoms with E-state index in [1.165, 1.54) is 11.1 Å². The lowest BCUT2D eigenvalue weighted by molar-refractivity contribution is -0.140. The number of nitrogens with one attached hydrogen (secondary N) is 1. The summed E-state index contributed by atoms with van der Waals surface area (Å²) in [6.07, 6.45) is 3.38. The fourth-order valence-electron chi connectivity index (χ4n) is 5.99. The van der Waals surface area contributed by atoms with E-state index in [9.17, 15) is 4.79 Å². The molecule has 0 radical (unpaired) electrons. The van der Waals surface area contributed by atoms with E-state index in [1.54, 1.807) is 0 Å². The lowest BCUT2D eigenvalue weighted by Gasteiger charge is -2.41. The highest BCUT2D eigenvalue weighted by atomic mass is 35.5. The Balaban J connectivity index is 0.00000144. The second-order valence-corrected chi connectivity index (χ2v) is 9.59. The molecule has 5 rings (SSSR count). The van der Waals surface area contributed by atoms with E-state index in [1.807, 2.05) is 0 Å². The molecule has 32 heavy (non-hydrogen) atoms. The van der Waals surface area contributed by atoms with Gasteiger partial charge in [0.1, 0.15) is 0 Å². The molecule has 1 atom stereocenters. The van der Waals surface area contributed by atoms with Crippen molar-refractivity contribution in [3.63, 3.8) is 0 Å². The lowest BCUT2D eigenvalue weighted by Crippen LogP contribution is -2.52. The predicted octanol–water partition coefficient (Wildman–Crippen LogP) is 4.54. The minimum absolute atomic E-state index is 0. The predicted molar refractivity (Wildman–Crippen MR) is 135 cm³/mol. The topological polar surface area (TPSA) is 35.6 Å². The number of nitrogens with zero attached hydrogens (tertiary/aromatic N) is 2. The Morgan fingerprint density at radius 3 is 1.84 bits per heavy atom. The second kappa shape index (κ2) is 10.1. The smallest absolute Gasteiger partial charge is 0.229 e. The maximum Gasteiger partial charge on any atom is 0.229 e. The molecule has 1 amide bonds. The summed E-state index contributed by atoms with van der Waals surface area (Å²) in [5, 5.41) is 3.45. The quantitative estimate of drug-likeness (QED) is 0.704. The molecule has 2 aromatic carbocycles. The number of carbonyl (C=O) groups excluding carboxylic acids is 1. The number of hydrogen-bond acceptors (Lipinski definition) is 3. The summed E-state index contributed by atoms with van der Waals surface area (Å²) in [7, 11) is 0. The maximum absolute atomic E-state index is 13.5. The van der Waals surface area contributed by atoms with Crippen molar-refractivity contribution in [2.24, 2.45) is 10.8 Å². The lowest BCUT2D eigenvalue weighted by atomic mass is 9.85. The number of hydrogen-bond donors (Lipinski definition) is 1. The molecular weight excluding hydrogens is 441 g/mol. The number of benzene rings is 2. The molecule has 0 aromatic heterocycles. The number of piperidine rings is 1. The maximum atomic E-state index is 13.5. The second-order valence-electron chi connectivity index (χ2n) is 9.59. The normalized spacial score (nSPS) is 24.5. The van der Waals surface area contributed by atoms with Gasteiger partial charge in [0.05, 0.1) is 11.5 Å². The molecule has 4 nitrogen and oxygen atoms in total. The van der Waals surface area contributed by atoms with Crippen LogP contribution in [0.1, 0.15) is 43.4 Å². The van der Waals surface area contributed by atoms with Gasteiger partial charge in [-0.2, -0.15) is 0 Å². The third-order valence-corrected chi connectivity index (χ3v) is 7.97. The first-order valence-corrected chi connectivity index (χ1v) is 11.5. The van der Waals surface area contributed by atoms with Crippen LogP contribution in [-0.2, 0) is 4.79 Å². The Bertz CT molecular complexity index is 841. The standard InChI is InChI=1S/C26H33N3O.2ClH/c1-25(20-26(25)12-14-27-15-13-26)24(30)29-18-16-28(17-19-29)23(21-8-4-2-5-9-21)22-10-6-3-7-11-22;;/h2-11,23,27H,12-20H2,1H3;2*1H. The number of carbonyl (C=O) groups is 1. The van der Waals surface area contributed by atoms with E-state index in [0.29, 0.717) is 5.91 Å². The van der Waals surface area contributed by atoms with Crippen molar-refractivity contribution in [2.45, 2.75) is 32.2 Å². The Labute approximate surface area is 204 Å². The van der Waals surface area contributed by atoms with Gasteiger partial charge in [0.2, 0.25) is 5.91 Å². The number of halogens is 2. The molecule has 0 bridgehead atoms. The zero-order chi connectivity index (χ0) is 20.6. The largest absolute Gasteiger partial charge is 0.340 e. The van der Waals surface area contributed by atoms with Crippen LogP contribution < -0.4 is 5.32 Å². The van der Waals surface area contributed by atoms with E-state index in [4.69, 9.17) is 0 Å². The van der Waals surface area contributed by atoms with Crippen molar-refractivity contribution in [1.82, 2.24) is 15.1 Å². The highest BCUT2D eigenvalue weighted by Crippen LogP contribution is 2.69. The van der Waals surface area contributed by atoms with Gasteiger partial charge in [-0.25, -0.2) is 0 Å². The molecule has 2 aromatic rings. The first-order chi connectivity index (χ1) is 14.6. The molecule has 1 spiro atoms. The van der Waals surface area contributed by atoms with Gasteiger partial charge in [-0.15, -0.1) is 24.8 Å². The van der Waals surface area contributed by atoms with Crippen molar-refractivity contribution in [3.05, 3.63) is 71.8 Å². The van der Waals surface area contributed by atoms with E-state index in [0.717, 1.165) is 58.5 Å². The molecule has 2 aliphatic heterocycles. The number of piperazine rings is 1. The summed E-state index contributed by atoms with van der Waals surface area (Å²) in [5.74, 6) is 0.403. The molecule has 1 saturated carbocycles. The fourth-order valence-corrected chi connectivity index (χ4v) is 5.99. The van der Waals surface area contributed by atoms with Crippen molar-refractivity contribution in [3.8, 4) is 0 Å². The van der Waals surface area contributed by atoms with Crippen LogP contribution in [0.5, 0.6) is 0 Å². The van der Waals surface area contributed by atoms with Crippen LogP contribution in [0, 0.1) is 10.8 Å². The Kier molecular flexibility index (Phi) is 7.93. The highest BCUT2D eigenvalue weighted by molar-refractivity contribution is 5.87. The van der Waals surface area contributed by atoms with Gasteiger partial charge in [0.25, 0.3) is 0 Å². The summed E-state index contributed by atoms with van der Waals surface area (Å²) in [6, 6.07) is 21.8. The zero-order valence-corrected chi connectivity index (χ0v) is 20.5. The van der Waals surface area contributed by atoms with Crippen LogP contribution in [-0.4, -0.2) is 55.0 Å². The SMILES string of the molecule is CC1(C(=O)N2CCN(C(c3ccccc3)c3ccccc3)CC2)CC12CCNCC2.Cl.Cl. The van der Waals surface area contributed by atoms with Crippen LogP contribution in [0.2, 0.25) is 0 Å². The average Bonchev–Trinajstić information content (AvgIpc) is 3.39. The van der Waals surface area contributed by atoms with Crippen molar-refractivity contribution >= 4 is 30.7 Å². The van der Waals surface area contributed by atoms with E-state index < -0.39 is 0 Å². The molecular formula is C26H35Cl2N3O. The van der Waals surface area contributed by atoms with Crippen LogP contribution in [0.15, 0.2) is 60.7 Å². The van der Waals surface area contributed by atoms with Crippen molar-refractivity contribution < 1.29 is 4.79 Å². The summed E-state index contributed by atoms with van der Waals surface area (Å²) >= 11 is 0. The van der Waals surface area contributed by atoms with Crippen molar-refractivity contribution in [1.29, 1.82) is 0 Å². The third-order valence-electron chi connectivity index (χ3n) is 7.97. The Morgan fingerprint density at radius 2 is 1.34 bits per heavy atom. The van der Waals surface area contributed by atoms with Crippen molar-refractivity contribution in [2.75, 3.05) is 39.3 Å². The molecule has 174 valence electrons. The monoisotopic (exact) mass is 475 g/mol. The Morgan fingerprint density at radius 1 is 0.844 bits per heavy atom. The first kappa shape index (κ1) is 25.0. The number of rotatable bonds is 4. The molecule has 3 aliphatic rings. The molecule has 1 N–H and O–H groups in total. The fraction of sp³-hybridized carbons (Fsp3) is 0.500. The summed E-state index contributed by atoms with van der Waals surface area (Å²) in [4.78, 5) is 18.2. The average molecular weight is 476 g/mol. The zero-order valence-electron chi connectivity index (χ0n) is 18.8. The van der Waals surface area contributed by atoms with E-state index in [-0.39, 0.29) is 41.7 Å². The summed E-state index contributed by atoms with van der Waals surface area (Å²) in [6.45, 7) is 7.86. The third kappa shape index (κ3) is 4.43. The molecule has 6 heteroatoms. The van der Waals surface area contributed by atoms with Gasteiger partial charge in [0, 0.05) is 26.2 Å². The van der Waals surface area contributed by atoms with E-state index >= 15 is 0 Å². The molecule has 2 heterocycles. The van der Waals surface area contributed by atoms with E-state index in [2.05, 4.69) is 82.7 Å². The summed E-state index contributed by atoms with van der Waals surface area (Å²) in [5.41, 5.74) is 2.79.